The molecule has 3 rings (SSSR count). The maximum absolute atomic E-state index is 13.8. The van der Waals surface area contributed by atoms with Gasteiger partial charge < -0.3 is 14.8 Å². The van der Waals surface area contributed by atoms with Crippen molar-refractivity contribution >= 4 is 43.2 Å². The van der Waals surface area contributed by atoms with Gasteiger partial charge in [-0.1, -0.05) is 15.9 Å². The Bertz CT molecular complexity index is 967. The quantitative estimate of drug-likeness (QED) is 0.765. The Hall–Kier alpha value is -2.33. The lowest BCUT2D eigenvalue weighted by Crippen LogP contribution is -2.37. The number of hydrogen-bond donors (Lipinski definition) is 1. The first-order chi connectivity index (χ1) is 12.2. The number of anilines is 2. The van der Waals surface area contributed by atoms with Gasteiger partial charge in [0.1, 0.15) is 12.4 Å². The van der Waals surface area contributed by atoms with E-state index in [9.17, 15) is 17.6 Å². The molecule has 0 fully saturated rings. The summed E-state index contributed by atoms with van der Waals surface area (Å²) in [6.07, 6.45) is 0.977. The summed E-state index contributed by atoms with van der Waals surface area (Å²) in [4.78, 5) is 12.3. The van der Waals surface area contributed by atoms with Crippen molar-refractivity contribution in [3.05, 3.63) is 46.7 Å². The number of benzene rings is 2. The Morgan fingerprint density at radius 3 is 2.65 bits per heavy atom. The fourth-order valence-corrected chi connectivity index (χ4v) is 3.53. The van der Waals surface area contributed by atoms with Crippen molar-refractivity contribution < 1.29 is 27.1 Å². The van der Waals surface area contributed by atoms with Crippen LogP contribution in [0.1, 0.15) is 0 Å². The van der Waals surface area contributed by atoms with Crippen LogP contribution in [0.5, 0.6) is 11.5 Å². The smallest absolute Gasteiger partial charge is 0.245 e. The lowest BCUT2D eigenvalue weighted by Gasteiger charge is -2.22. The minimum atomic E-state index is -3.76. The Balaban J connectivity index is 1.82. The first-order valence-electron chi connectivity index (χ1n) is 7.36. The highest BCUT2D eigenvalue weighted by atomic mass is 79.9. The highest BCUT2D eigenvalue weighted by molar-refractivity contribution is 9.10. The van der Waals surface area contributed by atoms with Crippen molar-refractivity contribution in [1.82, 2.24) is 0 Å². The average molecular weight is 445 g/mol. The molecule has 7 nitrogen and oxygen atoms in total. The number of nitrogens with one attached hydrogen (secondary N) is 1. The van der Waals surface area contributed by atoms with Crippen molar-refractivity contribution in [3.63, 3.8) is 0 Å². The number of fused-ring (bicyclic) bond motifs is 1. The molecule has 1 aliphatic heterocycles. The van der Waals surface area contributed by atoms with E-state index in [0.717, 1.165) is 10.6 Å². The number of carbonyl (C=O) groups excluding carboxylic acids is 1. The van der Waals surface area contributed by atoms with Crippen LogP contribution in [0.3, 0.4) is 0 Å². The van der Waals surface area contributed by atoms with Crippen LogP contribution in [0.25, 0.3) is 0 Å². The van der Waals surface area contributed by atoms with Crippen LogP contribution < -0.4 is 19.1 Å². The zero-order chi connectivity index (χ0) is 18.9. The highest BCUT2D eigenvalue weighted by Crippen LogP contribution is 2.36. The van der Waals surface area contributed by atoms with Gasteiger partial charge in [-0.05, 0) is 30.3 Å². The zero-order valence-corrected chi connectivity index (χ0v) is 15.9. The van der Waals surface area contributed by atoms with Crippen molar-refractivity contribution in [2.45, 2.75) is 0 Å². The molecule has 10 heteroatoms. The van der Waals surface area contributed by atoms with E-state index in [1.54, 1.807) is 12.1 Å². The summed E-state index contributed by atoms with van der Waals surface area (Å²) in [5.74, 6) is -0.449. The van der Waals surface area contributed by atoms with Gasteiger partial charge >= 0.3 is 0 Å². The van der Waals surface area contributed by atoms with Crippen molar-refractivity contribution in [1.29, 1.82) is 0 Å². The van der Waals surface area contributed by atoms with Crippen molar-refractivity contribution in [2.75, 3.05) is 29.2 Å². The van der Waals surface area contributed by atoms with Gasteiger partial charge in [0.15, 0.2) is 11.5 Å². The highest BCUT2D eigenvalue weighted by Gasteiger charge is 2.24. The molecule has 0 atom stereocenters. The second kappa shape index (κ2) is 7.12. The van der Waals surface area contributed by atoms with Gasteiger partial charge in [0, 0.05) is 10.5 Å². The van der Waals surface area contributed by atoms with E-state index < -0.39 is 28.3 Å². The van der Waals surface area contributed by atoms with Crippen molar-refractivity contribution in [3.8, 4) is 11.5 Å². The maximum Gasteiger partial charge on any atom is 0.245 e. The molecule has 0 bridgehead atoms. The molecule has 1 heterocycles. The maximum atomic E-state index is 13.8. The van der Waals surface area contributed by atoms with Crippen LogP contribution >= 0.6 is 15.9 Å². The summed E-state index contributed by atoms with van der Waals surface area (Å²) in [5.41, 5.74) is 0.195. The number of amides is 1. The molecule has 26 heavy (non-hydrogen) atoms. The summed E-state index contributed by atoms with van der Waals surface area (Å²) < 4.78 is 49.9. The first kappa shape index (κ1) is 18.5. The minimum absolute atomic E-state index is 0.0427. The van der Waals surface area contributed by atoms with Crippen LogP contribution in [0.4, 0.5) is 15.8 Å². The topological polar surface area (TPSA) is 84.9 Å². The Labute approximate surface area is 157 Å². The fourth-order valence-electron chi connectivity index (χ4n) is 2.35. The molecule has 0 spiro atoms. The molecule has 0 radical (unpaired) electrons. The van der Waals surface area contributed by atoms with Crippen LogP contribution in [0.2, 0.25) is 0 Å². The Morgan fingerprint density at radius 2 is 1.96 bits per heavy atom. The minimum Gasteiger partial charge on any atom is -0.454 e. The molecule has 0 saturated heterocycles. The predicted molar refractivity (Wildman–Crippen MR) is 97.5 cm³/mol. The summed E-state index contributed by atoms with van der Waals surface area (Å²) in [6, 6.07) is 8.66. The first-order valence-corrected chi connectivity index (χ1v) is 10.0. The Morgan fingerprint density at radius 1 is 1.23 bits per heavy atom. The molecule has 1 amide bonds. The number of carbonyl (C=O) groups is 1. The zero-order valence-electron chi connectivity index (χ0n) is 13.5. The largest absolute Gasteiger partial charge is 0.454 e. The molecule has 1 N–H and O–H groups in total. The van der Waals surface area contributed by atoms with E-state index in [-0.39, 0.29) is 18.2 Å². The van der Waals surface area contributed by atoms with Crippen molar-refractivity contribution in [2.24, 2.45) is 0 Å². The number of halogens is 2. The van der Waals surface area contributed by atoms with Gasteiger partial charge in [-0.25, -0.2) is 12.8 Å². The van der Waals surface area contributed by atoms with Gasteiger partial charge in [-0.15, -0.1) is 0 Å². The van der Waals surface area contributed by atoms with E-state index in [4.69, 9.17) is 9.47 Å². The van der Waals surface area contributed by atoms with Crippen LogP contribution in [0.15, 0.2) is 40.9 Å². The molecule has 0 aliphatic carbocycles. The standard InChI is InChI=1S/C16H14BrFN2O5S/c1-26(22,23)20(11-3-5-14-15(7-11)25-9-24-14)8-16(21)19-13-4-2-10(17)6-12(13)18/h2-7H,8-9H2,1H3,(H,19,21). The SMILES string of the molecule is CS(=O)(=O)N(CC(=O)Nc1ccc(Br)cc1F)c1ccc2c(c1)OCO2. The summed E-state index contributed by atoms with van der Waals surface area (Å²) in [7, 11) is -3.76. The molecule has 2 aromatic carbocycles. The lowest BCUT2D eigenvalue weighted by atomic mass is 10.2. The fraction of sp³-hybridized carbons (Fsp3) is 0.188. The van der Waals surface area contributed by atoms with Gasteiger partial charge in [-0.3, -0.25) is 9.10 Å². The van der Waals surface area contributed by atoms with Crippen LogP contribution in [-0.2, 0) is 14.8 Å². The van der Waals surface area contributed by atoms with E-state index in [2.05, 4.69) is 21.2 Å². The predicted octanol–water partition coefficient (Wildman–Crippen LogP) is 2.72. The van der Waals surface area contributed by atoms with Gasteiger partial charge in [0.25, 0.3) is 0 Å². The summed E-state index contributed by atoms with van der Waals surface area (Å²) in [6.45, 7) is -0.477. The van der Waals surface area contributed by atoms with Crippen LogP contribution in [0, 0.1) is 5.82 Å². The number of nitrogens with zero attached hydrogens (tertiary/aromatic N) is 1. The number of hydrogen-bond acceptors (Lipinski definition) is 5. The monoisotopic (exact) mass is 444 g/mol. The normalized spacial score (nSPS) is 12.7. The molecule has 2 aromatic rings. The number of sulfonamides is 1. The molecule has 0 saturated carbocycles. The molecular formula is C16H14BrFN2O5S. The second-order valence-corrected chi connectivity index (χ2v) is 8.30. The molecule has 0 unspecified atom stereocenters. The van der Waals surface area contributed by atoms with Gasteiger partial charge in [0.05, 0.1) is 17.6 Å². The number of rotatable bonds is 5. The third kappa shape index (κ3) is 4.07. The molecular weight excluding hydrogens is 431 g/mol. The van der Waals surface area contributed by atoms with E-state index in [1.807, 2.05) is 0 Å². The average Bonchev–Trinajstić information content (AvgIpc) is 3.02. The third-order valence-electron chi connectivity index (χ3n) is 3.54. The van der Waals surface area contributed by atoms with E-state index >= 15 is 0 Å². The van der Waals surface area contributed by atoms with Gasteiger partial charge in [0.2, 0.25) is 22.7 Å². The summed E-state index contributed by atoms with van der Waals surface area (Å²) in [5, 5.41) is 2.37. The molecule has 1 aliphatic rings. The van der Waals surface area contributed by atoms with Gasteiger partial charge in [-0.2, -0.15) is 0 Å². The lowest BCUT2D eigenvalue weighted by molar-refractivity contribution is -0.114. The van der Waals surface area contributed by atoms with E-state index in [1.165, 1.54) is 24.3 Å². The molecule has 0 aromatic heterocycles. The summed E-state index contributed by atoms with van der Waals surface area (Å²) >= 11 is 3.12. The van der Waals surface area contributed by atoms with Crippen LogP contribution in [-0.4, -0.2) is 33.9 Å². The second-order valence-electron chi connectivity index (χ2n) is 5.48. The molecule has 138 valence electrons. The third-order valence-corrected chi connectivity index (χ3v) is 5.17. The Kier molecular flexibility index (Phi) is 5.05. The van der Waals surface area contributed by atoms with E-state index in [0.29, 0.717) is 16.0 Å². The number of ether oxygens (including phenoxy) is 2.